The summed E-state index contributed by atoms with van der Waals surface area (Å²) in [7, 11) is 0. The van der Waals surface area contributed by atoms with Gasteiger partial charge in [0.2, 0.25) is 0 Å². The second kappa shape index (κ2) is 9.80. The van der Waals surface area contributed by atoms with E-state index in [0.29, 0.717) is 11.1 Å². The minimum atomic E-state index is -0.918. The normalized spacial score (nSPS) is 10.5. The van der Waals surface area contributed by atoms with Crippen LogP contribution in [0.3, 0.4) is 0 Å². The molecule has 0 radical (unpaired) electrons. The lowest BCUT2D eigenvalue weighted by molar-refractivity contribution is -0.146. The third kappa shape index (κ3) is 4.85. The van der Waals surface area contributed by atoms with E-state index in [2.05, 4.69) is 10.3 Å². The lowest BCUT2D eigenvalue weighted by atomic mass is 10.0. The van der Waals surface area contributed by atoms with Gasteiger partial charge in [0.1, 0.15) is 5.82 Å². The molecule has 0 aliphatic rings. The summed E-state index contributed by atoms with van der Waals surface area (Å²) in [6.45, 7) is 3.25. The van der Waals surface area contributed by atoms with Crippen molar-refractivity contribution < 1.29 is 27.8 Å². The molecule has 0 atom stereocenters. The number of hydrogen-bond donors (Lipinski definition) is 1. The van der Waals surface area contributed by atoms with Crippen molar-refractivity contribution in [3.63, 3.8) is 0 Å². The summed E-state index contributed by atoms with van der Waals surface area (Å²) in [5.74, 6) is -3.48. The van der Waals surface area contributed by atoms with E-state index in [0.717, 1.165) is 17.7 Å². The highest BCUT2D eigenvalue weighted by Gasteiger charge is 2.22. The zero-order valence-corrected chi connectivity index (χ0v) is 16.9. The molecule has 0 bridgehead atoms. The summed E-state index contributed by atoms with van der Waals surface area (Å²) in [5.41, 5.74) is 0.189. The summed E-state index contributed by atoms with van der Waals surface area (Å²) in [6.07, 6.45) is 2.62. The van der Waals surface area contributed by atoms with Gasteiger partial charge in [0.25, 0.3) is 0 Å². The van der Waals surface area contributed by atoms with Crippen molar-refractivity contribution in [2.24, 2.45) is 0 Å². The van der Waals surface area contributed by atoms with Crippen molar-refractivity contribution in [1.29, 1.82) is 0 Å². The summed E-state index contributed by atoms with van der Waals surface area (Å²) in [5, 5.41) is 3.27. The van der Waals surface area contributed by atoms with E-state index in [4.69, 9.17) is 9.47 Å². The van der Waals surface area contributed by atoms with Gasteiger partial charge >= 0.3 is 11.9 Å². The topological polar surface area (TPSA) is 77.5 Å². The van der Waals surface area contributed by atoms with Crippen molar-refractivity contribution in [1.82, 2.24) is 4.98 Å². The third-order valence-electron chi connectivity index (χ3n) is 4.35. The molecular formula is C23H20F2N2O4. The highest BCUT2D eigenvalue weighted by molar-refractivity contribution is 6.14. The van der Waals surface area contributed by atoms with Crippen LogP contribution in [0.15, 0.2) is 60.4 Å². The first-order valence-corrected chi connectivity index (χ1v) is 9.60. The van der Waals surface area contributed by atoms with Gasteiger partial charge < -0.3 is 14.8 Å². The number of anilines is 1. The van der Waals surface area contributed by atoms with Gasteiger partial charge in [0.05, 0.1) is 30.0 Å². The van der Waals surface area contributed by atoms with Crippen LogP contribution in [-0.4, -0.2) is 30.1 Å². The van der Waals surface area contributed by atoms with Crippen molar-refractivity contribution in [3.05, 3.63) is 72.1 Å². The van der Waals surface area contributed by atoms with Crippen molar-refractivity contribution in [2.75, 3.05) is 18.5 Å². The number of esters is 2. The Labute approximate surface area is 177 Å². The molecule has 1 heterocycles. The minimum Gasteiger partial charge on any atom is -0.462 e. The fourth-order valence-electron chi connectivity index (χ4n) is 2.93. The molecule has 0 aliphatic carbocycles. The van der Waals surface area contributed by atoms with Crippen LogP contribution in [0, 0.1) is 11.6 Å². The molecule has 0 unspecified atom stereocenters. The Hall–Kier alpha value is -3.81. The number of carbonyl (C=O) groups excluding carboxylic acids is 2. The van der Waals surface area contributed by atoms with Crippen LogP contribution in [0.2, 0.25) is 0 Å². The van der Waals surface area contributed by atoms with Crippen molar-refractivity contribution in [2.45, 2.75) is 13.8 Å². The minimum absolute atomic E-state index is 0.0431. The van der Waals surface area contributed by atoms with Crippen LogP contribution in [0.4, 0.5) is 14.5 Å². The molecule has 3 aromatic rings. The largest absolute Gasteiger partial charge is 0.462 e. The average Bonchev–Trinajstić information content (AvgIpc) is 2.75. The number of nitrogens with zero attached hydrogens (tertiary/aromatic N) is 1. The van der Waals surface area contributed by atoms with Gasteiger partial charge in [-0.05, 0) is 49.7 Å². The first kappa shape index (κ1) is 21.9. The third-order valence-corrected chi connectivity index (χ3v) is 4.35. The summed E-state index contributed by atoms with van der Waals surface area (Å²) < 4.78 is 39.4. The highest BCUT2D eigenvalue weighted by Crippen LogP contribution is 2.32. The van der Waals surface area contributed by atoms with Gasteiger partial charge in [-0.1, -0.05) is 12.1 Å². The Morgan fingerprint density at radius 3 is 2.42 bits per heavy atom. The lowest BCUT2D eigenvalue weighted by Crippen LogP contribution is -2.19. The van der Waals surface area contributed by atoms with Crippen molar-refractivity contribution >= 4 is 28.5 Å². The van der Waals surface area contributed by atoms with E-state index in [1.165, 1.54) is 6.07 Å². The molecule has 2 aromatic carbocycles. The van der Waals surface area contributed by atoms with E-state index in [1.54, 1.807) is 50.4 Å². The number of carbonyl (C=O) groups is 2. The molecular weight excluding hydrogens is 406 g/mol. The lowest BCUT2D eigenvalue weighted by Gasteiger charge is -2.12. The van der Waals surface area contributed by atoms with Crippen molar-refractivity contribution in [3.8, 4) is 11.1 Å². The number of rotatable bonds is 7. The molecule has 0 amide bonds. The quantitative estimate of drug-likeness (QED) is 0.258. The Kier molecular flexibility index (Phi) is 6.92. The summed E-state index contributed by atoms with van der Waals surface area (Å²) >= 11 is 0. The van der Waals surface area contributed by atoms with Crippen LogP contribution in [0.5, 0.6) is 0 Å². The molecule has 0 aliphatic heterocycles. The number of fused-ring (bicyclic) bond motifs is 1. The molecule has 0 spiro atoms. The zero-order chi connectivity index (χ0) is 22.4. The second-order valence-corrected chi connectivity index (χ2v) is 6.34. The van der Waals surface area contributed by atoms with Gasteiger partial charge in [-0.3, -0.25) is 4.98 Å². The molecule has 1 N–H and O–H groups in total. The van der Waals surface area contributed by atoms with Crippen LogP contribution >= 0.6 is 0 Å². The molecule has 160 valence electrons. The van der Waals surface area contributed by atoms with E-state index >= 15 is 4.39 Å². The molecule has 0 saturated heterocycles. The Bertz CT molecular complexity index is 1140. The van der Waals surface area contributed by atoms with Crippen LogP contribution in [-0.2, 0) is 19.1 Å². The van der Waals surface area contributed by atoms with Gasteiger partial charge in [0, 0.05) is 17.8 Å². The summed E-state index contributed by atoms with van der Waals surface area (Å²) in [6, 6.07) is 10.7. The smallest absolute Gasteiger partial charge is 0.347 e. The molecule has 31 heavy (non-hydrogen) atoms. The Morgan fingerprint density at radius 1 is 1.03 bits per heavy atom. The fourth-order valence-corrected chi connectivity index (χ4v) is 2.93. The maximum Gasteiger partial charge on any atom is 0.347 e. The first-order chi connectivity index (χ1) is 15.0. The molecule has 0 fully saturated rings. The number of benzene rings is 2. The predicted molar refractivity (Wildman–Crippen MR) is 112 cm³/mol. The molecule has 1 aromatic heterocycles. The zero-order valence-electron chi connectivity index (χ0n) is 16.9. The maximum atomic E-state index is 15.2. The van der Waals surface area contributed by atoms with Gasteiger partial charge in [-0.2, -0.15) is 0 Å². The van der Waals surface area contributed by atoms with Gasteiger partial charge in [-0.25, -0.2) is 18.4 Å². The van der Waals surface area contributed by atoms with E-state index in [-0.39, 0.29) is 24.5 Å². The Morgan fingerprint density at radius 2 is 1.74 bits per heavy atom. The molecule has 8 heteroatoms. The summed E-state index contributed by atoms with van der Waals surface area (Å²) in [4.78, 5) is 28.3. The number of aromatic nitrogens is 1. The number of nitrogens with one attached hydrogen (secondary N) is 1. The van der Waals surface area contributed by atoms with E-state index in [9.17, 15) is 14.0 Å². The monoisotopic (exact) mass is 426 g/mol. The van der Waals surface area contributed by atoms with E-state index < -0.39 is 29.1 Å². The van der Waals surface area contributed by atoms with Crippen LogP contribution in [0.1, 0.15) is 13.8 Å². The SMILES string of the molecule is CCOC(=O)C(=CNc1ccc(F)c(-c2ccc3ncccc3c2)c1F)C(=O)OCC. The number of halogens is 2. The van der Waals surface area contributed by atoms with Gasteiger partial charge in [0.15, 0.2) is 11.4 Å². The highest BCUT2D eigenvalue weighted by atomic mass is 19.1. The fraction of sp³-hybridized carbons (Fsp3) is 0.174. The predicted octanol–water partition coefficient (Wildman–Crippen LogP) is 4.60. The molecule has 6 nitrogen and oxygen atoms in total. The average molecular weight is 426 g/mol. The number of ether oxygens (including phenoxy) is 2. The van der Waals surface area contributed by atoms with E-state index in [1.807, 2.05) is 0 Å². The van der Waals surface area contributed by atoms with Gasteiger partial charge in [-0.15, -0.1) is 0 Å². The standard InChI is InChI=1S/C23H20F2N2O4/c1-3-30-22(28)16(23(29)31-4-2)13-27-19-10-8-17(24)20(21(19)25)15-7-9-18-14(12-15)6-5-11-26-18/h5-13,27H,3-4H2,1-2H3. The Balaban J connectivity index is 1.99. The molecule has 3 rings (SSSR count). The van der Waals surface area contributed by atoms with Crippen LogP contribution in [0.25, 0.3) is 22.0 Å². The molecule has 0 saturated carbocycles. The maximum absolute atomic E-state index is 15.2. The first-order valence-electron chi connectivity index (χ1n) is 9.60. The second-order valence-electron chi connectivity index (χ2n) is 6.34. The number of pyridine rings is 1. The van der Waals surface area contributed by atoms with Crippen LogP contribution < -0.4 is 5.32 Å². The number of hydrogen-bond acceptors (Lipinski definition) is 6.